The monoisotopic (exact) mass is 183 g/mol. The molecule has 0 bridgehead atoms. The zero-order valence-corrected chi connectivity index (χ0v) is 8.54. The molecule has 1 fully saturated rings. The van der Waals surface area contributed by atoms with Crippen LogP contribution in [0.1, 0.15) is 27.2 Å². The van der Waals surface area contributed by atoms with Gasteiger partial charge in [0.05, 0.1) is 0 Å². The van der Waals surface area contributed by atoms with Crippen LogP contribution in [0.15, 0.2) is 0 Å². The normalized spacial score (nSPS) is 23.3. The van der Waals surface area contributed by atoms with Crippen LogP contribution < -0.4 is 0 Å². The molecule has 0 aromatic rings. The molecule has 0 aromatic heterocycles. The molecule has 0 saturated carbocycles. The van der Waals surface area contributed by atoms with Crippen molar-refractivity contribution >= 4 is 12.2 Å². The molecule has 74 valence electrons. The molecule has 1 rings (SSSR count). The van der Waals surface area contributed by atoms with Crippen LogP contribution in [0.3, 0.4) is 0 Å². The van der Waals surface area contributed by atoms with E-state index in [1.165, 1.54) is 0 Å². The van der Waals surface area contributed by atoms with Crippen molar-refractivity contribution < 1.29 is 9.59 Å². The standard InChI is InChI=1S/C10H17NO2/c1-8(6-12)5-11-7-10(2,3)4-9(11)13/h6,8H,4-5,7H2,1-3H3. The Hall–Kier alpha value is -0.860. The van der Waals surface area contributed by atoms with Crippen molar-refractivity contribution in [2.75, 3.05) is 13.1 Å². The molecule has 0 N–H and O–H groups in total. The predicted octanol–water partition coefficient (Wildman–Crippen LogP) is 1.08. The summed E-state index contributed by atoms with van der Waals surface area (Å²) in [5, 5.41) is 0. The van der Waals surface area contributed by atoms with E-state index in [1.807, 2.05) is 6.92 Å². The van der Waals surface area contributed by atoms with Gasteiger partial charge in [-0.25, -0.2) is 0 Å². The molecular formula is C10H17NO2. The first-order valence-electron chi connectivity index (χ1n) is 4.68. The molecule has 1 atom stereocenters. The topological polar surface area (TPSA) is 37.4 Å². The molecule has 1 aliphatic heterocycles. The maximum atomic E-state index is 11.5. The van der Waals surface area contributed by atoms with Gasteiger partial charge in [0, 0.05) is 25.4 Å². The Bertz CT molecular complexity index is 223. The minimum absolute atomic E-state index is 0.0437. The van der Waals surface area contributed by atoms with Gasteiger partial charge in [0.15, 0.2) is 0 Å². The average Bonchev–Trinajstić information content (AvgIpc) is 2.24. The van der Waals surface area contributed by atoms with E-state index in [4.69, 9.17) is 0 Å². The van der Waals surface area contributed by atoms with Crippen LogP contribution in [-0.4, -0.2) is 30.2 Å². The van der Waals surface area contributed by atoms with Crippen molar-refractivity contribution in [1.29, 1.82) is 0 Å². The third-order valence-electron chi connectivity index (χ3n) is 2.34. The van der Waals surface area contributed by atoms with Crippen molar-refractivity contribution in [3.05, 3.63) is 0 Å². The molecule has 3 nitrogen and oxygen atoms in total. The second-order valence-electron chi connectivity index (χ2n) is 4.73. The minimum atomic E-state index is -0.0437. The summed E-state index contributed by atoms with van der Waals surface area (Å²) >= 11 is 0. The van der Waals surface area contributed by atoms with Gasteiger partial charge in [-0.15, -0.1) is 0 Å². The van der Waals surface area contributed by atoms with E-state index >= 15 is 0 Å². The fourth-order valence-electron chi connectivity index (χ4n) is 1.74. The molecule has 3 heteroatoms. The highest BCUT2D eigenvalue weighted by Gasteiger charge is 2.35. The summed E-state index contributed by atoms with van der Waals surface area (Å²) in [6.07, 6.45) is 1.51. The Kier molecular flexibility index (Phi) is 2.74. The molecule has 13 heavy (non-hydrogen) atoms. The van der Waals surface area contributed by atoms with Gasteiger partial charge in [0.2, 0.25) is 5.91 Å². The van der Waals surface area contributed by atoms with E-state index in [2.05, 4.69) is 13.8 Å². The SMILES string of the molecule is CC(C=O)CN1CC(C)(C)CC1=O. The highest BCUT2D eigenvalue weighted by atomic mass is 16.2. The molecule has 0 spiro atoms. The van der Waals surface area contributed by atoms with Gasteiger partial charge < -0.3 is 9.69 Å². The van der Waals surface area contributed by atoms with E-state index < -0.39 is 0 Å². The Balaban J connectivity index is 2.53. The first-order chi connectivity index (χ1) is 5.94. The zero-order chi connectivity index (χ0) is 10.1. The Morgan fingerprint density at radius 3 is 2.62 bits per heavy atom. The van der Waals surface area contributed by atoms with Gasteiger partial charge in [-0.3, -0.25) is 4.79 Å². The lowest BCUT2D eigenvalue weighted by molar-refractivity contribution is -0.128. The van der Waals surface area contributed by atoms with Crippen molar-refractivity contribution in [1.82, 2.24) is 4.90 Å². The lowest BCUT2D eigenvalue weighted by Gasteiger charge is -2.20. The van der Waals surface area contributed by atoms with Crippen LogP contribution in [-0.2, 0) is 9.59 Å². The second-order valence-corrected chi connectivity index (χ2v) is 4.73. The van der Waals surface area contributed by atoms with Gasteiger partial charge in [0.1, 0.15) is 6.29 Å². The Morgan fingerprint density at radius 1 is 1.62 bits per heavy atom. The number of aldehydes is 1. The molecular weight excluding hydrogens is 166 g/mol. The number of rotatable bonds is 3. The molecule has 0 radical (unpaired) electrons. The van der Waals surface area contributed by atoms with Gasteiger partial charge in [-0.05, 0) is 5.41 Å². The summed E-state index contributed by atoms with van der Waals surface area (Å²) in [5.41, 5.74) is 0.0830. The molecule has 1 saturated heterocycles. The smallest absolute Gasteiger partial charge is 0.223 e. The van der Waals surface area contributed by atoms with Crippen molar-refractivity contribution in [2.45, 2.75) is 27.2 Å². The summed E-state index contributed by atoms with van der Waals surface area (Å²) in [7, 11) is 0. The molecule has 0 aromatic carbocycles. The van der Waals surface area contributed by atoms with E-state index in [1.54, 1.807) is 4.90 Å². The molecule has 1 aliphatic rings. The quantitative estimate of drug-likeness (QED) is 0.614. The summed E-state index contributed by atoms with van der Waals surface area (Å²) in [5.74, 6) is 0.136. The highest BCUT2D eigenvalue weighted by Crippen LogP contribution is 2.29. The van der Waals surface area contributed by atoms with E-state index in [-0.39, 0.29) is 17.2 Å². The number of hydrogen-bond acceptors (Lipinski definition) is 2. The van der Waals surface area contributed by atoms with Gasteiger partial charge in [-0.1, -0.05) is 20.8 Å². The lowest BCUT2D eigenvalue weighted by Crippen LogP contribution is -2.31. The maximum absolute atomic E-state index is 11.5. The minimum Gasteiger partial charge on any atom is -0.341 e. The van der Waals surface area contributed by atoms with E-state index in [0.29, 0.717) is 13.0 Å². The fraction of sp³-hybridized carbons (Fsp3) is 0.800. The maximum Gasteiger partial charge on any atom is 0.223 e. The fourth-order valence-corrected chi connectivity index (χ4v) is 1.74. The first kappa shape index (κ1) is 10.2. The van der Waals surface area contributed by atoms with Crippen molar-refractivity contribution in [2.24, 2.45) is 11.3 Å². The van der Waals surface area contributed by atoms with Crippen molar-refractivity contribution in [3.63, 3.8) is 0 Å². The van der Waals surface area contributed by atoms with Crippen LogP contribution in [0.4, 0.5) is 0 Å². The summed E-state index contributed by atoms with van der Waals surface area (Å²) in [6, 6.07) is 0. The summed E-state index contributed by atoms with van der Waals surface area (Å²) < 4.78 is 0. The van der Waals surface area contributed by atoms with Crippen LogP contribution in [0.25, 0.3) is 0 Å². The highest BCUT2D eigenvalue weighted by molar-refractivity contribution is 5.79. The van der Waals surface area contributed by atoms with E-state index in [9.17, 15) is 9.59 Å². The Labute approximate surface area is 79.1 Å². The largest absolute Gasteiger partial charge is 0.341 e. The Morgan fingerprint density at radius 2 is 2.23 bits per heavy atom. The number of likely N-dealkylation sites (tertiary alicyclic amines) is 1. The van der Waals surface area contributed by atoms with Gasteiger partial charge in [-0.2, -0.15) is 0 Å². The third-order valence-corrected chi connectivity index (χ3v) is 2.34. The van der Waals surface area contributed by atoms with Crippen LogP contribution >= 0.6 is 0 Å². The van der Waals surface area contributed by atoms with Crippen LogP contribution in [0.2, 0.25) is 0 Å². The summed E-state index contributed by atoms with van der Waals surface area (Å²) in [6.45, 7) is 7.36. The number of hydrogen-bond donors (Lipinski definition) is 0. The number of amides is 1. The van der Waals surface area contributed by atoms with Crippen molar-refractivity contribution in [3.8, 4) is 0 Å². The number of carbonyl (C=O) groups excluding carboxylic acids is 2. The molecule has 1 amide bonds. The van der Waals surface area contributed by atoms with E-state index in [0.717, 1.165) is 12.8 Å². The second kappa shape index (κ2) is 3.48. The lowest BCUT2D eigenvalue weighted by atomic mass is 9.93. The molecule has 1 heterocycles. The molecule has 0 aliphatic carbocycles. The van der Waals surface area contributed by atoms with Crippen LogP contribution in [0, 0.1) is 11.3 Å². The van der Waals surface area contributed by atoms with Crippen LogP contribution in [0.5, 0.6) is 0 Å². The summed E-state index contributed by atoms with van der Waals surface area (Å²) in [4.78, 5) is 23.7. The number of carbonyl (C=O) groups is 2. The average molecular weight is 183 g/mol. The third kappa shape index (κ3) is 2.54. The zero-order valence-electron chi connectivity index (χ0n) is 8.54. The van der Waals surface area contributed by atoms with Gasteiger partial charge >= 0.3 is 0 Å². The van der Waals surface area contributed by atoms with Gasteiger partial charge in [0.25, 0.3) is 0 Å². The first-order valence-corrected chi connectivity index (χ1v) is 4.68. The predicted molar refractivity (Wildman–Crippen MR) is 50.2 cm³/mol. The number of nitrogens with zero attached hydrogens (tertiary/aromatic N) is 1. The molecule has 1 unspecified atom stereocenters.